The first-order valence-corrected chi connectivity index (χ1v) is 9.92. The summed E-state index contributed by atoms with van der Waals surface area (Å²) in [5.41, 5.74) is 0. The highest BCUT2D eigenvalue weighted by molar-refractivity contribution is 7.91. The van der Waals surface area contributed by atoms with Crippen molar-refractivity contribution in [1.82, 2.24) is 9.44 Å². The zero-order valence-corrected chi connectivity index (χ0v) is 14.7. The molecule has 2 rings (SSSR count). The van der Waals surface area contributed by atoms with Crippen LogP contribution in [-0.4, -0.2) is 37.5 Å². The SMILES string of the molecule is CNS(=O)(=O)NCC(c1ccco1)S(=O)(=O)c1ccc(OC)cc1. The zero-order chi connectivity index (χ0) is 17.8. The van der Waals surface area contributed by atoms with E-state index in [2.05, 4.69) is 9.44 Å². The summed E-state index contributed by atoms with van der Waals surface area (Å²) in [7, 11) is -4.97. The first kappa shape index (κ1) is 18.5. The lowest BCUT2D eigenvalue weighted by Gasteiger charge is -2.16. The molecule has 0 radical (unpaired) electrons. The lowest BCUT2D eigenvalue weighted by molar-refractivity contribution is 0.414. The van der Waals surface area contributed by atoms with Crippen LogP contribution in [0.1, 0.15) is 11.0 Å². The molecule has 24 heavy (non-hydrogen) atoms. The van der Waals surface area contributed by atoms with Crippen molar-refractivity contribution >= 4 is 20.0 Å². The summed E-state index contributed by atoms with van der Waals surface area (Å²) in [6, 6.07) is 8.86. The van der Waals surface area contributed by atoms with Gasteiger partial charge in [-0.15, -0.1) is 0 Å². The van der Waals surface area contributed by atoms with E-state index >= 15 is 0 Å². The van der Waals surface area contributed by atoms with Gasteiger partial charge in [0.2, 0.25) is 0 Å². The quantitative estimate of drug-likeness (QED) is 0.708. The fourth-order valence-electron chi connectivity index (χ4n) is 2.02. The van der Waals surface area contributed by atoms with Crippen molar-refractivity contribution in [1.29, 1.82) is 0 Å². The average Bonchev–Trinajstić information content (AvgIpc) is 3.09. The van der Waals surface area contributed by atoms with Crippen LogP contribution in [0, 0.1) is 0 Å². The first-order valence-electron chi connectivity index (χ1n) is 6.89. The lowest BCUT2D eigenvalue weighted by Crippen LogP contribution is -2.38. The van der Waals surface area contributed by atoms with Gasteiger partial charge in [-0.3, -0.25) is 0 Å². The number of benzene rings is 1. The summed E-state index contributed by atoms with van der Waals surface area (Å²) in [5, 5.41) is -1.20. The number of sulfone groups is 1. The Bertz CT molecular complexity index is 858. The third-order valence-corrected chi connectivity index (χ3v) is 6.51. The summed E-state index contributed by atoms with van der Waals surface area (Å²) in [6.45, 7) is -0.370. The summed E-state index contributed by atoms with van der Waals surface area (Å²) < 4.78 is 63.3. The molecular weight excluding hydrogens is 356 g/mol. The van der Waals surface area contributed by atoms with E-state index in [1.165, 1.54) is 50.8 Å². The normalized spacial score (nSPS) is 13.6. The number of methoxy groups -OCH3 is 1. The maximum atomic E-state index is 12.9. The first-order chi connectivity index (χ1) is 11.3. The van der Waals surface area contributed by atoms with E-state index in [-0.39, 0.29) is 17.2 Å². The molecule has 0 aliphatic rings. The Labute approximate surface area is 140 Å². The minimum atomic E-state index is -3.88. The molecule has 0 aliphatic carbocycles. The van der Waals surface area contributed by atoms with Crippen LogP contribution >= 0.6 is 0 Å². The van der Waals surface area contributed by atoms with Gasteiger partial charge in [0.15, 0.2) is 9.84 Å². The van der Waals surface area contributed by atoms with E-state index in [0.717, 1.165) is 0 Å². The molecule has 8 nitrogen and oxygen atoms in total. The van der Waals surface area contributed by atoms with Gasteiger partial charge in [-0.2, -0.15) is 8.42 Å². The topological polar surface area (TPSA) is 115 Å². The summed E-state index contributed by atoms with van der Waals surface area (Å²) in [4.78, 5) is 0.0355. The number of hydrogen-bond acceptors (Lipinski definition) is 6. The van der Waals surface area contributed by atoms with Gasteiger partial charge in [-0.1, -0.05) is 0 Å². The van der Waals surface area contributed by atoms with E-state index in [9.17, 15) is 16.8 Å². The molecule has 0 fully saturated rings. The molecular formula is C14H18N2O6S2. The standard InChI is InChI=1S/C14H18N2O6S2/c1-15-24(19,20)16-10-14(13-4-3-9-22-13)23(17,18)12-7-5-11(21-2)6-8-12/h3-9,14-16H,10H2,1-2H3. The van der Waals surface area contributed by atoms with Crippen LogP contribution in [0.15, 0.2) is 52.0 Å². The van der Waals surface area contributed by atoms with Crippen molar-refractivity contribution in [3.8, 4) is 5.75 Å². The second-order valence-corrected chi connectivity index (χ2v) is 8.61. The minimum Gasteiger partial charge on any atom is -0.497 e. The molecule has 0 amide bonds. The molecule has 10 heteroatoms. The number of nitrogens with one attached hydrogen (secondary N) is 2. The second-order valence-electron chi connectivity index (χ2n) is 4.78. The third-order valence-electron chi connectivity index (χ3n) is 3.35. The number of hydrogen-bond donors (Lipinski definition) is 2. The minimum absolute atomic E-state index is 0.0355. The maximum Gasteiger partial charge on any atom is 0.276 e. The molecule has 2 aromatic rings. The summed E-state index contributed by atoms with van der Waals surface area (Å²) >= 11 is 0. The molecule has 1 aromatic carbocycles. The molecule has 0 saturated carbocycles. The van der Waals surface area contributed by atoms with Crippen LogP contribution in [0.3, 0.4) is 0 Å². The van der Waals surface area contributed by atoms with Crippen molar-refractivity contribution in [2.24, 2.45) is 0 Å². The number of furan rings is 1. The Morgan fingerprint density at radius 2 is 1.79 bits per heavy atom. The van der Waals surface area contributed by atoms with Crippen LogP contribution in [0.5, 0.6) is 5.75 Å². The Hall–Kier alpha value is -1.88. The van der Waals surface area contributed by atoms with Gasteiger partial charge >= 0.3 is 0 Å². The van der Waals surface area contributed by atoms with Crippen molar-refractivity contribution in [3.05, 3.63) is 48.4 Å². The highest BCUT2D eigenvalue weighted by atomic mass is 32.2. The molecule has 0 saturated heterocycles. The monoisotopic (exact) mass is 374 g/mol. The Morgan fingerprint density at radius 1 is 1.12 bits per heavy atom. The largest absolute Gasteiger partial charge is 0.497 e. The van der Waals surface area contributed by atoms with Crippen LogP contribution in [-0.2, 0) is 20.0 Å². The second kappa shape index (κ2) is 7.34. The third kappa shape index (κ3) is 4.15. The van der Waals surface area contributed by atoms with Gasteiger partial charge in [0.1, 0.15) is 16.8 Å². The smallest absolute Gasteiger partial charge is 0.276 e. The molecule has 0 bridgehead atoms. The molecule has 0 aliphatic heterocycles. The van der Waals surface area contributed by atoms with Crippen LogP contribution in [0.4, 0.5) is 0 Å². The van der Waals surface area contributed by atoms with E-state index in [4.69, 9.17) is 9.15 Å². The molecule has 1 aromatic heterocycles. The Kier molecular flexibility index (Phi) is 5.65. The highest BCUT2D eigenvalue weighted by Crippen LogP contribution is 2.30. The van der Waals surface area contributed by atoms with E-state index in [1.54, 1.807) is 6.07 Å². The number of rotatable bonds is 8. The summed E-state index contributed by atoms with van der Waals surface area (Å²) in [5.74, 6) is 0.656. The van der Waals surface area contributed by atoms with Crippen LogP contribution < -0.4 is 14.2 Å². The summed E-state index contributed by atoms with van der Waals surface area (Å²) in [6.07, 6.45) is 1.33. The van der Waals surface area contributed by atoms with E-state index in [0.29, 0.717) is 5.75 Å². The molecule has 1 heterocycles. The maximum absolute atomic E-state index is 12.9. The van der Waals surface area contributed by atoms with Crippen LogP contribution in [0.25, 0.3) is 0 Å². The predicted octanol–water partition coefficient (Wildman–Crippen LogP) is 0.857. The molecule has 0 spiro atoms. The molecule has 1 unspecified atom stereocenters. The van der Waals surface area contributed by atoms with Crippen molar-refractivity contribution in [2.45, 2.75) is 10.1 Å². The van der Waals surface area contributed by atoms with Crippen molar-refractivity contribution < 1.29 is 26.0 Å². The van der Waals surface area contributed by atoms with E-state index in [1.807, 2.05) is 0 Å². The molecule has 2 N–H and O–H groups in total. The molecule has 1 atom stereocenters. The number of ether oxygens (including phenoxy) is 1. The molecule has 132 valence electrons. The fourth-order valence-corrected chi connectivity index (χ4v) is 4.25. The highest BCUT2D eigenvalue weighted by Gasteiger charge is 2.32. The van der Waals surface area contributed by atoms with Crippen LogP contribution in [0.2, 0.25) is 0 Å². The predicted molar refractivity (Wildman–Crippen MR) is 87.6 cm³/mol. The van der Waals surface area contributed by atoms with Gasteiger partial charge in [0.05, 0.1) is 18.3 Å². The van der Waals surface area contributed by atoms with Gasteiger partial charge in [0, 0.05) is 13.6 Å². The van der Waals surface area contributed by atoms with Crippen molar-refractivity contribution in [3.63, 3.8) is 0 Å². The Morgan fingerprint density at radius 3 is 2.29 bits per heavy atom. The van der Waals surface area contributed by atoms with E-state index < -0.39 is 25.3 Å². The fraction of sp³-hybridized carbons (Fsp3) is 0.286. The van der Waals surface area contributed by atoms with Gasteiger partial charge in [0.25, 0.3) is 10.2 Å². The zero-order valence-electron chi connectivity index (χ0n) is 13.1. The van der Waals surface area contributed by atoms with Gasteiger partial charge in [-0.25, -0.2) is 17.9 Å². The van der Waals surface area contributed by atoms with Crippen molar-refractivity contribution in [2.75, 3.05) is 20.7 Å². The lowest BCUT2D eigenvalue weighted by atomic mass is 10.3. The average molecular weight is 374 g/mol. The van der Waals surface area contributed by atoms with Gasteiger partial charge < -0.3 is 9.15 Å². The van der Waals surface area contributed by atoms with Gasteiger partial charge in [-0.05, 0) is 36.4 Å². The Balaban J connectivity index is 2.37.